The molecule has 1 amide bonds. The number of aromatic carboxylic acids is 1. The number of rotatable bonds is 10. The molecule has 1 aromatic heterocycles. The van der Waals surface area contributed by atoms with E-state index in [1.807, 2.05) is 84.9 Å². The van der Waals surface area contributed by atoms with Crippen LogP contribution in [0.3, 0.4) is 0 Å². The molecule has 6 heteroatoms. The van der Waals surface area contributed by atoms with E-state index < -0.39 is 5.97 Å². The minimum Gasteiger partial charge on any atom is -0.493 e. The van der Waals surface area contributed by atoms with Gasteiger partial charge >= 0.3 is 5.97 Å². The number of hydrogen-bond acceptors (Lipinski definition) is 3. The van der Waals surface area contributed by atoms with Crippen molar-refractivity contribution in [3.8, 4) is 5.75 Å². The van der Waals surface area contributed by atoms with Crippen molar-refractivity contribution in [2.75, 3.05) is 6.61 Å². The second-order valence-electron chi connectivity index (χ2n) is 11.2. The SMILES string of the molecule is O=C(NC1CCCCC1)c1cccc(C=Cc2cccc3c(CCCOc4cccc5ccccc45)c(C(=O)O)[nH]c23)c1. The largest absolute Gasteiger partial charge is 0.493 e. The molecule has 0 atom stereocenters. The van der Waals surface area contributed by atoms with E-state index in [1.165, 1.54) is 19.3 Å². The molecule has 1 aliphatic carbocycles. The average Bonchev–Trinajstić information content (AvgIpc) is 3.42. The molecular weight excluding hydrogens is 536 g/mol. The Morgan fingerprint density at radius 3 is 2.51 bits per heavy atom. The lowest BCUT2D eigenvalue weighted by molar-refractivity contribution is 0.0690. The maximum absolute atomic E-state index is 12.9. The van der Waals surface area contributed by atoms with Crippen molar-refractivity contribution in [2.24, 2.45) is 0 Å². The van der Waals surface area contributed by atoms with Gasteiger partial charge in [-0.2, -0.15) is 0 Å². The van der Waals surface area contributed by atoms with Crippen LogP contribution in [0.15, 0.2) is 84.9 Å². The van der Waals surface area contributed by atoms with Crippen LogP contribution in [0.1, 0.15) is 76.1 Å². The summed E-state index contributed by atoms with van der Waals surface area (Å²) in [5.41, 5.74) is 4.21. The minimum atomic E-state index is -0.979. The highest BCUT2D eigenvalue weighted by atomic mass is 16.5. The van der Waals surface area contributed by atoms with Gasteiger partial charge in [-0.15, -0.1) is 0 Å². The summed E-state index contributed by atoms with van der Waals surface area (Å²) in [6.07, 6.45) is 10.8. The zero-order chi connectivity index (χ0) is 29.6. The number of para-hydroxylation sites is 1. The summed E-state index contributed by atoms with van der Waals surface area (Å²) in [7, 11) is 0. The highest BCUT2D eigenvalue weighted by molar-refractivity contribution is 6.01. The number of fused-ring (bicyclic) bond motifs is 2. The monoisotopic (exact) mass is 572 g/mol. The highest BCUT2D eigenvalue weighted by Crippen LogP contribution is 2.29. The number of carbonyl (C=O) groups is 2. The first-order valence-corrected chi connectivity index (χ1v) is 15.1. The van der Waals surface area contributed by atoms with E-state index in [2.05, 4.69) is 22.4 Å². The smallest absolute Gasteiger partial charge is 0.352 e. The number of aryl methyl sites for hydroxylation is 1. The summed E-state index contributed by atoms with van der Waals surface area (Å²) in [6.45, 7) is 0.476. The zero-order valence-electron chi connectivity index (χ0n) is 24.1. The van der Waals surface area contributed by atoms with E-state index in [4.69, 9.17) is 4.74 Å². The number of carboxylic acid groups (broad SMARTS) is 1. The number of hydrogen-bond donors (Lipinski definition) is 3. The summed E-state index contributed by atoms with van der Waals surface area (Å²) in [4.78, 5) is 28.2. The van der Waals surface area contributed by atoms with Gasteiger partial charge in [0.05, 0.1) is 12.1 Å². The molecule has 0 saturated heterocycles. The first kappa shape index (κ1) is 28.3. The molecular formula is C37H36N2O4. The van der Waals surface area contributed by atoms with Crippen molar-refractivity contribution in [2.45, 2.75) is 51.0 Å². The molecule has 0 spiro atoms. The fraction of sp³-hybridized carbons (Fsp3) is 0.243. The van der Waals surface area contributed by atoms with Gasteiger partial charge < -0.3 is 20.1 Å². The van der Waals surface area contributed by atoms with Crippen molar-refractivity contribution in [3.05, 3.63) is 113 Å². The minimum absolute atomic E-state index is 0.0335. The number of aromatic amines is 1. The molecule has 218 valence electrons. The lowest BCUT2D eigenvalue weighted by Crippen LogP contribution is -2.36. The van der Waals surface area contributed by atoms with Gasteiger partial charge in [0.15, 0.2) is 0 Å². The molecule has 1 aliphatic rings. The van der Waals surface area contributed by atoms with Gasteiger partial charge in [-0.25, -0.2) is 4.79 Å². The molecule has 5 aromatic rings. The molecule has 0 aliphatic heterocycles. The molecule has 1 saturated carbocycles. The van der Waals surface area contributed by atoms with Crippen molar-refractivity contribution < 1.29 is 19.4 Å². The Morgan fingerprint density at radius 2 is 1.65 bits per heavy atom. The molecule has 0 bridgehead atoms. The Hall–Kier alpha value is -4.84. The van der Waals surface area contributed by atoms with Gasteiger partial charge in [0.1, 0.15) is 11.4 Å². The van der Waals surface area contributed by atoms with Gasteiger partial charge in [-0.3, -0.25) is 4.79 Å². The summed E-state index contributed by atoms with van der Waals surface area (Å²) in [5, 5.41) is 16.3. The molecule has 1 heterocycles. The Labute approximate surface area is 251 Å². The van der Waals surface area contributed by atoms with E-state index in [0.29, 0.717) is 25.0 Å². The standard InChI is InChI=1S/C37H36N2O4/c40-36(38-29-15-2-1-3-16-29)28-14-6-10-25(24-28)21-22-27-13-7-18-31-32(35(37(41)42)39-34(27)31)19-9-23-43-33-20-8-12-26-11-4-5-17-30(26)33/h4-8,10-14,17-18,20-22,24,29,39H,1-3,9,15-16,19,23H2,(H,38,40)(H,41,42). The predicted molar refractivity (Wildman–Crippen MR) is 173 cm³/mol. The van der Waals surface area contributed by atoms with Crippen molar-refractivity contribution in [1.29, 1.82) is 0 Å². The van der Waals surface area contributed by atoms with Gasteiger partial charge in [-0.1, -0.05) is 98.1 Å². The fourth-order valence-electron chi connectivity index (χ4n) is 6.12. The zero-order valence-corrected chi connectivity index (χ0v) is 24.1. The van der Waals surface area contributed by atoms with Gasteiger partial charge in [-0.05, 0) is 66.0 Å². The second kappa shape index (κ2) is 13.0. The number of benzene rings is 4. The van der Waals surface area contributed by atoms with E-state index in [-0.39, 0.29) is 17.6 Å². The second-order valence-corrected chi connectivity index (χ2v) is 11.2. The van der Waals surface area contributed by atoms with Crippen LogP contribution in [0.2, 0.25) is 0 Å². The predicted octanol–water partition coefficient (Wildman–Crippen LogP) is 8.26. The number of aromatic nitrogens is 1. The molecule has 0 unspecified atom stereocenters. The fourth-order valence-corrected chi connectivity index (χ4v) is 6.12. The van der Waals surface area contributed by atoms with E-state index in [1.54, 1.807) is 0 Å². The number of nitrogens with one attached hydrogen (secondary N) is 2. The highest BCUT2D eigenvalue weighted by Gasteiger charge is 2.19. The Kier molecular flexibility index (Phi) is 8.55. The summed E-state index contributed by atoms with van der Waals surface area (Å²) in [6, 6.07) is 27.9. The normalized spacial score (nSPS) is 14.0. The molecule has 43 heavy (non-hydrogen) atoms. The summed E-state index contributed by atoms with van der Waals surface area (Å²) >= 11 is 0. The quantitative estimate of drug-likeness (QED) is 0.116. The molecule has 1 fully saturated rings. The maximum Gasteiger partial charge on any atom is 0.352 e. The number of H-pyrrole nitrogens is 1. The number of carbonyl (C=O) groups excluding carboxylic acids is 1. The Morgan fingerprint density at radius 1 is 0.884 bits per heavy atom. The number of carboxylic acids is 1. The molecule has 6 nitrogen and oxygen atoms in total. The third kappa shape index (κ3) is 6.49. The van der Waals surface area contributed by atoms with Crippen LogP contribution < -0.4 is 10.1 Å². The van der Waals surface area contributed by atoms with Crippen LogP contribution in [-0.2, 0) is 6.42 Å². The van der Waals surface area contributed by atoms with E-state index in [9.17, 15) is 14.7 Å². The molecule has 3 N–H and O–H groups in total. The van der Waals surface area contributed by atoms with Crippen LogP contribution in [0.25, 0.3) is 33.8 Å². The van der Waals surface area contributed by atoms with Crippen molar-refractivity contribution >= 4 is 45.7 Å². The Balaban J connectivity index is 1.17. The summed E-state index contributed by atoms with van der Waals surface area (Å²) in [5.74, 6) is -0.181. The molecule has 0 radical (unpaired) electrons. The van der Waals surface area contributed by atoms with Crippen LogP contribution in [0.5, 0.6) is 5.75 Å². The van der Waals surface area contributed by atoms with Gasteiger partial charge in [0, 0.05) is 22.4 Å². The van der Waals surface area contributed by atoms with E-state index in [0.717, 1.165) is 57.0 Å². The summed E-state index contributed by atoms with van der Waals surface area (Å²) < 4.78 is 6.11. The van der Waals surface area contributed by atoms with Crippen molar-refractivity contribution in [1.82, 2.24) is 10.3 Å². The third-order valence-electron chi connectivity index (χ3n) is 8.31. The Bertz CT molecular complexity index is 1790. The van der Waals surface area contributed by atoms with Gasteiger partial charge in [0.25, 0.3) is 5.91 Å². The van der Waals surface area contributed by atoms with E-state index >= 15 is 0 Å². The molecule has 6 rings (SSSR count). The topological polar surface area (TPSA) is 91.4 Å². The van der Waals surface area contributed by atoms with Crippen LogP contribution in [0.4, 0.5) is 0 Å². The van der Waals surface area contributed by atoms with Crippen molar-refractivity contribution in [3.63, 3.8) is 0 Å². The van der Waals surface area contributed by atoms with Gasteiger partial charge in [0.2, 0.25) is 0 Å². The maximum atomic E-state index is 12.9. The lowest BCUT2D eigenvalue weighted by Gasteiger charge is -2.22. The number of ether oxygens (including phenoxy) is 1. The van der Waals surface area contributed by atoms with Crippen LogP contribution in [0, 0.1) is 0 Å². The lowest BCUT2D eigenvalue weighted by atomic mass is 9.95. The average molecular weight is 573 g/mol. The molecule has 4 aromatic carbocycles. The van der Waals surface area contributed by atoms with Crippen LogP contribution >= 0.6 is 0 Å². The van der Waals surface area contributed by atoms with Crippen LogP contribution in [-0.4, -0.2) is 34.6 Å². The first-order chi connectivity index (χ1) is 21.1. The number of amides is 1. The third-order valence-corrected chi connectivity index (χ3v) is 8.31. The first-order valence-electron chi connectivity index (χ1n) is 15.1.